The molecule has 2 rings (SSSR count). The van der Waals surface area contributed by atoms with E-state index in [0.717, 1.165) is 10.0 Å². The molecule has 24 heavy (non-hydrogen) atoms. The Morgan fingerprint density at radius 2 is 1.67 bits per heavy atom. The SMILES string of the molecule is COC(=O)C(Cc1ccccc1)NC(=O)CC[Te]c1ccccc1. The molecule has 0 aliphatic heterocycles. The van der Waals surface area contributed by atoms with Gasteiger partial charge in [0, 0.05) is 0 Å². The van der Waals surface area contributed by atoms with Crippen molar-refractivity contribution in [2.75, 3.05) is 7.11 Å². The van der Waals surface area contributed by atoms with E-state index in [1.807, 2.05) is 48.5 Å². The number of ether oxygens (including phenoxy) is 1. The van der Waals surface area contributed by atoms with Crippen LogP contribution in [0.1, 0.15) is 12.0 Å². The van der Waals surface area contributed by atoms with E-state index in [9.17, 15) is 9.59 Å². The van der Waals surface area contributed by atoms with Crippen LogP contribution >= 0.6 is 0 Å². The van der Waals surface area contributed by atoms with Crippen molar-refractivity contribution >= 4 is 36.4 Å². The first kappa shape index (κ1) is 18.5. The number of amides is 1. The van der Waals surface area contributed by atoms with Gasteiger partial charge >= 0.3 is 153 Å². The van der Waals surface area contributed by atoms with Crippen molar-refractivity contribution in [3.63, 3.8) is 0 Å². The Hall–Kier alpha value is -1.83. The second-order valence-electron chi connectivity index (χ2n) is 5.24. The molecule has 2 aromatic carbocycles. The van der Waals surface area contributed by atoms with Crippen molar-refractivity contribution in [2.24, 2.45) is 0 Å². The number of hydrogen-bond donors (Lipinski definition) is 1. The van der Waals surface area contributed by atoms with Gasteiger partial charge < -0.3 is 0 Å². The van der Waals surface area contributed by atoms with E-state index in [2.05, 4.69) is 17.4 Å². The number of carbonyl (C=O) groups excluding carboxylic acids is 2. The molecule has 0 fully saturated rings. The van der Waals surface area contributed by atoms with E-state index in [1.54, 1.807) is 0 Å². The van der Waals surface area contributed by atoms with Gasteiger partial charge in [-0.15, -0.1) is 0 Å². The molecule has 0 heterocycles. The molecule has 0 bridgehead atoms. The van der Waals surface area contributed by atoms with E-state index in [1.165, 1.54) is 10.7 Å². The number of carbonyl (C=O) groups is 2. The molecule has 0 aliphatic rings. The van der Waals surface area contributed by atoms with Gasteiger partial charge in [-0.1, -0.05) is 0 Å². The quantitative estimate of drug-likeness (QED) is 0.504. The normalized spacial score (nSPS) is 11.5. The maximum absolute atomic E-state index is 12.2. The van der Waals surface area contributed by atoms with Crippen LogP contribution < -0.4 is 8.93 Å². The predicted molar refractivity (Wildman–Crippen MR) is 95.3 cm³/mol. The first-order chi connectivity index (χ1) is 11.7. The van der Waals surface area contributed by atoms with Crippen LogP contribution in [0.15, 0.2) is 60.7 Å². The molecule has 4 nitrogen and oxygen atoms in total. The molecule has 5 heteroatoms. The summed E-state index contributed by atoms with van der Waals surface area (Å²) >= 11 is -0.364. The van der Waals surface area contributed by atoms with Crippen LogP contribution in [-0.4, -0.2) is 46.0 Å². The number of methoxy groups -OCH3 is 1. The molecular weight excluding hydrogens is 418 g/mol. The molecule has 126 valence electrons. The average Bonchev–Trinajstić information content (AvgIpc) is 2.62. The Bertz CT molecular complexity index is 646. The number of rotatable bonds is 8. The van der Waals surface area contributed by atoms with Crippen molar-refractivity contribution in [3.05, 3.63) is 66.2 Å². The summed E-state index contributed by atoms with van der Waals surface area (Å²) in [5.74, 6) is -0.505. The Kier molecular flexibility index (Phi) is 7.81. The fourth-order valence-corrected chi connectivity index (χ4v) is 4.72. The van der Waals surface area contributed by atoms with Crippen molar-refractivity contribution in [2.45, 2.75) is 23.4 Å². The van der Waals surface area contributed by atoms with Crippen LogP contribution in [-0.2, 0) is 20.7 Å². The van der Waals surface area contributed by atoms with Crippen molar-refractivity contribution < 1.29 is 14.3 Å². The van der Waals surface area contributed by atoms with Crippen molar-refractivity contribution in [1.29, 1.82) is 0 Å². The molecule has 2 aromatic rings. The third-order valence-electron chi connectivity index (χ3n) is 3.44. The number of nitrogens with one attached hydrogen (secondary N) is 1. The summed E-state index contributed by atoms with van der Waals surface area (Å²) in [4.78, 5) is 24.1. The third kappa shape index (κ3) is 6.35. The van der Waals surface area contributed by atoms with Crippen LogP contribution in [0.25, 0.3) is 0 Å². The van der Waals surface area contributed by atoms with Crippen LogP contribution in [0.2, 0.25) is 4.47 Å². The maximum atomic E-state index is 12.2. The van der Waals surface area contributed by atoms with E-state index >= 15 is 0 Å². The van der Waals surface area contributed by atoms with Gasteiger partial charge in [-0.2, -0.15) is 0 Å². The zero-order chi connectivity index (χ0) is 17.2. The minimum atomic E-state index is -0.637. The molecule has 1 amide bonds. The van der Waals surface area contributed by atoms with Gasteiger partial charge in [0.05, 0.1) is 0 Å². The van der Waals surface area contributed by atoms with Crippen molar-refractivity contribution in [3.8, 4) is 0 Å². The summed E-state index contributed by atoms with van der Waals surface area (Å²) in [5, 5.41) is 2.81. The first-order valence-corrected chi connectivity index (χ1v) is 10.6. The molecule has 0 radical (unpaired) electrons. The van der Waals surface area contributed by atoms with Gasteiger partial charge in [-0.25, -0.2) is 0 Å². The van der Waals surface area contributed by atoms with Gasteiger partial charge in [0.25, 0.3) is 0 Å². The molecule has 1 unspecified atom stereocenters. The Morgan fingerprint density at radius 3 is 2.29 bits per heavy atom. The fourth-order valence-electron chi connectivity index (χ4n) is 2.23. The second-order valence-corrected chi connectivity index (χ2v) is 8.58. The Morgan fingerprint density at radius 1 is 1.04 bits per heavy atom. The molecular formula is C19H21NO3Te. The molecule has 0 saturated heterocycles. The van der Waals surface area contributed by atoms with Crippen LogP contribution in [0.5, 0.6) is 0 Å². The minimum absolute atomic E-state index is 0.0950. The number of benzene rings is 2. The molecule has 0 spiro atoms. The molecule has 1 N–H and O–H groups in total. The van der Waals surface area contributed by atoms with Gasteiger partial charge in [-0.3, -0.25) is 0 Å². The average molecular weight is 439 g/mol. The van der Waals surface area contributed by atoms with Gasteiger partial charge in [0.15, 0.2) is 0 Å². The summed E-state index contributed by atoms with van der Waals surface area (Å²) < 4.78 is 7.03. The van der Waals surface area contributed by atoms with E-state index in [0.29, 0.717) is 12.8 Å². The van der Waals surface area contributed by atoms with Crippen LogP contribution in [0.3, 0.4) is 0 Å². The summed E-state index contributed by atoms with van der Waals surface area (Å²) in [6.07, 6.45) is 0.883. The van der Waals surface area contributed by atoms with Crippen LogP contribution in [0.4, 0.5) is 0 Å². The van der Waals surface area contributed by atoms with E-state index in [4.69, 9.17) is 4.74 Å². The molecule has 1 atom stereocenters. The van der Waals surface area contributed by atoms with Gasteiger partial charge in [0.2, 0.25) is 0 Å². The van der Waals surface area contributed by atoms with Crippen molar-refractivity contribution in [1.82, 2.24) is 5.32 Å². The van der Waals surface area contributed by atoms with Gasteiger partial charge in [-0.05, 0) is 0 Å². The summed E-state index contributed by atoms with van der Waals surface area (Å²) in [6, 6.07) is 19.2. The summed E-state index contributed by atoms with van der Waals surface area (Å²) in [7, 11) is 1.34. The number of hydrogen-bond acceptors (Lipinski definition) is 3. The van der Waals surface area contributed by atoms with Crippen LogP contribution in [0, 0.1) is 0 Å². The molecule has 0 aliphatic carbocycles. The van der Waals surface area contributed by atoms with E-state index < -0.39 is 12.0 Å². The summed E-state index contributed by atoms with van der Waals surface area (Å²) in [6.45, 7) is 0. The predicted octanol–water partition coefficient (Wildman–Crippen LogP) is 1.72. The molecule has 0 saturated carbocycles. The Balaban J connectivity index is 1.84. The van der Waals surface area contributed by atoms with Gasteiger partial charge in [0.1, 0.15) is 0 Å². The summed E-state index contributed by atoms with van der Waals surface area (Å²) in [5.41, 5.74) is 0.992. The zero-order valence-electron chi connectivity index (χ0n) is 13.6. The number of esters is 1. The third-order valence-corrected chi connectivity index (χ3v) is 6.34. The topological polar surface area (TPSA) is 55.4 Å². The standard InChI is InChI=1S/C19H21NO3Te/c1-23-19(22)17(14-15-8-4-2-5-9-15)20-18(21)12-13-24-16-10-6-3-7-11-16/h2-11,17H,12-14H2,1H3,(H,20,21). The Labute approximate surface area is 152 Å². The fraction of sp³-hybridized carbons (Fsp3) is 0.263. The monoisotopic (exact) mass is 441 g/mol. The second kappa shape index (κ2) is 10.1. The molecule has 0 aromatic heterocycles. The van der Waals surface area contributed by atoms with E-state index in [-0.39, 0.29) is 26.8 Å². The zero-order valence-corrected chi connectivity index (χ0v) is 15.9. The first-order valence-electron chi connectivity index (χ1n) is 7.78.